The Morgan fingerprint density at radius 1 is 1.50 bits per heavy atom. The molecule has 2 atom stereocenters. The van der Waals surface area contributed by atoms with Gasteiger partial charge < -0.3 is 0 Å². The standard InChI is InChI=1S/C10H19ClO2S/c1-3-14(12,13)7-6-10(2)5-4-9(11)8-10/h9H,3-8H2,1-2H3. The van der Waals surface area contributed by atoms with Crippen LogP contribution in [0.3, 0.4) is 0 Å². The summed E-state index contributed by atoms with van der Waals surface area (Å²) in [6.45, 7) is 3.86. The van der Waals surface area contributed by atoms with Crippen molar-refractivity contribution < 1.29 is 8.42 Å². The summed E-state index contributed by atoms with van der Waals surface area (Å²) < 4.78 is 22.7. The van der Waals surface area contributed by atoms with Crippen LogP contribution in [0, 0.1) is 5.41 Å². The van der Waals surface area contributed by atoms with Crippen LogP contribution in [0.25, 0.3) is 0 Å². The van der Waals surface area contributed by atoms with Crippen molar-refractivity contribution in [3.05, 3.63) is 0 Å². The lowest BCUT2D eigenvalue weighted by Gasteiger charge is -2.23. The normalized spacial score (nSPS) is 33.5. The second kappa shape index (κ2) is 4.40. The highest BCUT2D eigenvalue weighted by Crippen LogP contribution is 2.43. The summed E-state index contributed by atoms with van der Waals surface area (Å²) in [7, 11) is -2.81. The van der Waals surface area contributed by atoms with Crippen molar-refractivity contribution in [1.29, 1.82) is 0 Å². The van der Waals surface area contributed by atoms with E-state index >= 15 is 0 Å². The fraction of sp³-hybridized carbons (Fsp3) is 1.00. The SMILES string of the molecule is CCS(=O)(=O)CCC1(C)CCC(Cl)C1. The number of alkyl halides is 1. The molecule has 14 heavy (non-hydrogen) atoms. The van der Waals surface area contributed by atoms with Gasteiger partial charge in [-0.15, -0.1) is 11.6 Å². The summed E-state index contributed by atoms with van der Waals surface area (Å²) in [5, 5.41) is 0.254. The minimum absolute atomic E-state index is 0.161. The molecule has 0 heterocycles. The summed E-state index contributed by atoms with van der Waals surface area (Å²) in [5.74, 6) is 0.580. The van der Waals surface area contributed by atoms with Gasteiger partial charge in [0.15, 0.2) is 0 Å². The molecule has 4 heteroatoms. The highest BCUT2D eigenvalue weighted by Gasteiger charge is 2.34. The highest BCUT2D eigenvalue weighted by molar-refractivity contribution is 7.91. The monoisotopic (exact) mass is 238 g/mol. The van der Waals surface area contributed by atoms with E-state index in [0.717, 1.165) is 25.7 Å². The van der Waals surface area contributed by atoms with Gasteiger partial charge in [-0.1, -0.05) is 13.8 Å². The molecule has 0 radical (unpaired) electrons. The highest BCUT2D eigenvalue weighted by atomic mass is 35.5. The predicted molar refractivity (Wildman–Crippen MR) is 60.5 cm³/mol. The number of hydrogen-bond donors (Lipinski definition) is 0. The van der Waals surface area contributed by atoms with Gasteiger partial charge in [-0.05, 0) is 31.1 Å². The third-order valence-electron chi connectivity index (χ3n) is 3.23. The summed E-state index contributed by atoms with van der Waals surface area (Å²) in [4.78, 5) is 0. The van der Waals surface area contributed by atoms with Crippen molar-refractivity contribution in [2.24, 2.45) is 5.41 Å². The first-order valence-electron chi connectivity index (χ1n) is 5.21. The first kappa shape index (κ1) is 12.3. The molecule has 2 unspecified atom stereocenters. The van der Waals surface area contributed by atoms with E-state index < -0.39 is 9.84 Å². The second-order valence-corrected chi connectivity index (χ2v) is 7.73. The zero-order valence-corrected chi connectivity index (χ0v) is 10.5. The Labute approximate surface area is 91.9 Å². The summed E-state index contributed by atoms with van der Waals surface area (Å²) >= 11 is 6.03. The van der Waals surface area contributed by atoms with Gasteiger partial charge in [-0.25, -0.2) is 8.42 Å². The van der Waals surface area contributed by atoms with E-state index in [1.54, 1.807) is 6.92 Å². The van der Waals surface area contributed by atoms with Crippen LogP contribution in [0.5, 0.6) is 0 Å². The molecule has 0 aromatic carbocycles. The van der Waals surface area contributed by atoms with Gasteiger partial charge in [0.1, 0.15) is 9.84 Å². The van der Waals surface area contributed by atoms with E-state index in [-0.39, 0.29) is 16.5 Å². The molecule has 2 nitrogen and oxygen atoms in total. The lowest BCUT2D eigenvalue weighted by Crippen LogP contribution is -2.19. The van der Waals surface area contributed by atoms with Gasteiger partial charge in [-0.3, -0.25) is 0 Å². The Hall–Kier alpha value is 0.240. The van der Waals surface area contributed by atoms with Crippen molar-refractivity contribution in [3.63, 3.8) is 0 Å². The van der Waals surface area contributed by atoms with Gasteiger partial charge in [0.2, 0.25) is 0 Å². The van der Waals surface area contributed by atoms with Crippen LogP contribution in [-0.4, -0.2) is 25.3 Å². The molecule has 0 aliphatic heterocycles. The molecule has 0 spiro atoms. The maximum atomic E-state index is 11.3. The Morgan fingerprint density at radius 3 is 2.57 bits per heavy atom. The topological polar surface area (TPSA) is 34.1 Å². The third kappa shape index (κ3) is 3.43. The predicted octanol–water partition coefficient (Wildman–Crippen LogP) is 2.61. The maximum absolute atomic E-state index is 11.3. The molecule has 0 bridgehead atoms. The van der Waals surface area contributed by atoms with Gasteiger partial charge in [0, 0.05) is 11.1 Å². The molecule has 1 aliphatic carbocycles. The van der Waals surface area contributed by atoms with Gasteiger partial charge in [-0.2, -0.15) is 0 Å². The van der Waals surface area contributed by atoms with Crippen LogP contribution in [0.2, 0.25) is 0 Å². The summed E-state index contributed by atoms with van der Waals surface area (Å²) in [5.41, 5.74) is 0.161. The van der Waals surface area contributed by atoms with Crippen LogP contribution >= 0.6 is 11.6 Å². The molecule has 0 aromatic heterocycles. The Bertz CT molecular complexity index is 286. The molecule has 0 N–H and O–H groups in total. The zero-order chi connectivity index (χ0) is 10.8. The number of hydrogen-bond acceptors (Lipinski definition) is 2. The van der Waals surface area contributed by atoms with Gasteiger partial charge >= 0.3 is 0 Å². The molecular weight excluding hydrogens is 220 g/mol. The Balaban J connectivity index is 2.46. The van der Waals surface area contributed by atoms with E-state index in [0.29, 0.717) is 5.75 Å². The minimum Gasteiger partial charge on any atom is -0.229 e. The van der Waals surface area contributed by atoms with Crippen LogP contribution in [0.4, 0.5) is 0 Å². The quantitative estimate of drug-likeness (QED) is 0.706. The van der Waals surface area contributed by atoms with E-state index in [4.69, 9.17) is 11.6 Å². The van der Waals surface area contributed by atoms with Crippen molar-refractivity contribution in [2.45, 2.75) is 44.9 Å². The minimum atomic E-state index is -2.81. The summed E-state index contributed by atoms with van der Waals surface area (Å²) in [6.07, 6.45) is 3.84. The van der Waals surface area contributed by atoms with E-state index in [1.807, 2.05) is 0 Å². The molecule has 1 saturated carbocycles. The Morgan fingerprint density at radius 2 is 2.14 bits per heavy atom. The smallest absolute Gasteiger partial charge is 0.150 e. The van der Waals surface area contributed by atoms with E-state index in [1.165, 1.54) is 0 Å². The first-order chi connectivity index (χ1) is 6.37. The maximum Gasteiger partial charge on any atom is 0.150 e. The lowest BCUT2D eigenvalue weighted by atomic mass is 9.86. The zero-order valence-electron chi connectivity index (χ0n) is 8.92. The molecule has 0 saturated heterocycles. The summed E-state index contributed by atoms with van der Waals surface area (Å²) in [6, 6.07) is 0. The fourth-order valence-corrected chi connectivity index (χ4v) is 3.59. The van der Waals surface area contributed by atoms with Gasteiger partial charge in [0.25, 0.3) is 0 Å². The van der Waals surface area contributed by atoms with Crippen LogP contribution in [0.15, 0.2) is 0 Å². The Kier molecular flexibility index (Phi) is 3.87. The van der Waals surface area contributed by atoms with Crippen molar-refractivity contribution in [2.75, 3.05) is 11.5 Å². The first-order valence-corrected chi connectivity index (χ1v) is 7.47. The van der Waals surface area contributed by atoms with E-state index in [9.17, 15) is 8.42 Å². The number of halogens is 1. The molecule has 1 fully saturated rings. The van der Waals surface area contributed by atoms with Crippen molar-refractivity contribution in [3.8, 4) is 0 Å². The average Bonchev–Trinajstić information content (AvgIpc) is 2.45. The molecule has 1 rings (SSSR count). The third-order valence-corrected chi connectivity index (χ3v) is 5.31. The molecular formula is C10H19ClO2S. The molecule has 0 aromatic rings. The van der Waals surface area contributed by atoms with Crippen molar-refractivity contribution >= 4 is 21.4 Å². The van der Waals surface area contributed by atoms with Gasteiger partial charge in [0.05, 0.1) is 5.75 Å². The van der Waals surface area contributed by atoms with E-state index in [2.05, 4.69) is 6.92 Å². The molecule has 84 valence electrons. The van der Waals surface area contributed by atoms with Crippen LogP contribution in [-0.2, 0) is 9.84 Å². The average molecular weight is 239 g/mol. The second-order valence-electron chi connectivity index (χ2n) is 4.64. The number of sulfone groups is 1. The molecule has 0 amide bonds. The van der Waals surface area contributed by atoms with Crippen molar-refractivity contribution in [1.82, 2.24) is 0 Å². The van der Waals surface area contributed by atoms with Crippen LogP contribution < -0.4 is 0 Å². The van der Waals surface area contributed by atoms with Crippen LogP contribution in [0.1, 0.15) is 39.5 Å². The fourth-order valence-electron chi connectivity index (χ4n) is 2.02. The largest absolute Gasteiger partial charge is 0.229 e. The molecule has 1 aliphatic rings. The lowest BCUT2D eigenvalue weighted by molar-refractivity contribution is 0.325. The number of rotatable bonds is 4.